The van der Waals surface area contributed by atoms with E-state index in [1.807, 2.05) is 6.07 Å². The van der Waals surface area contributed by atoms with Crippen LogP contribution in [0.5, 0.6) is 0 Å². The molecule has 0 radical (unpaired) electrons. The number of benzene rings is 1. The highest BCUT2D eigenvalue weighted by atomic mass is 35.5. The zero-order chi connectivity index (χ0) is 14.4. The van der Waals surface area contributed by atoms with E-state index in [0.717, 1.165) is 0 Å². The second kappa shape index (κ2) is 6.56. The molecule has 100 valence electrons. The van der Waals surface area contributed by atoms with Crippen LogP contribution in [0.2, 0.25) is 5.02 Å². The first-order chi connectivity index (χ1) is 8.95. The van der Waals surface area contributed by atoms with Crippen LogP contribution in [0.15, 0.2) is 18.2 Å². The third-order valence-electron chi connectivity index (χ3n) is 2.35. The van der Waals surface area contributed by atoms with Crippen LogP contribution in [-0.4, -0.2) is 29.1 Å². The van der Waals surface area contributed by atoms with Crippen LogP contribution < -0.4 is 4.90 Å². The van der Waals surface area contributed by atoms with Gasteiger partial charge >= 0.3 is 5.97 Å². The first-order valence-electron chi connectivity index (χ1n) is 5.23. The number of rotatable bonds is 6. The number of nitro benzene ring substituents is 1. The fourth-order valence-corrected chi connectivity index (χ4v) is 1.64. The summed E-state index contributed by atoms with van der Waals surface area (Å²) in [5, 5.41) is 28.1. The number of aliphatic carboxylic acids is 1. The van der Waals surface area contributed by atoms with Crippen LogP contribution in [0, 0.1) is 21.4 Å². The van der Waals surface area contributed by atoms with Gasteiger partial charge in [0.05, 0.1) is 17.4 Å². The highest BCUT2D eigenvalue weighted by Crippen LogP contribution is 2.29. The number of carboxylic acids is 1. The fourth-order valence-electron chi connectivity index (χ4n) is 1.45. The lowest BCUT2D eigenvalue weighted by atomic mass is 10.2. The smallest absolute Gasteiger partial charge is 0.305 e. The van der Waals surface area contributed by atoms with Crippen molar-refractivity contribution in [2.24, 2.45) is 0 Å². The van der Waals surface area contributed by atoms with E-state index >= 15 is 0 Å². The van der Waals surface area contributed by atoms with Gasteiger partial charge in [0.2, 0.25) is 0 Å². The molecule has 0 fully saturated rings. The first-order valence-corrected chi connectivity index (χ1v) is 5.61. The SMILES string of the molecule is N#CCN(CCC(=O)O)c1ccc(Cl)c([N+](=O)[O-])c1. The Morgan fingerprint density at radius 2 is 2.26 bits per heavy atom. The Bertz CT molecular complexity index is 541. The van der Waals surface area contributed by atoms with Gasteiger partial charge in [0, 0.05) is 18.3 Å². The summed E-state index contributed by atoms with van der Waals surface area (Å²) in [6.07, 6.45) is -0.169. The maximum atomic E-state index is 10.8. The molecule has 0 aromatic heterocycles. The van der Waals surface area contributed by atoms with Crippen LogP contribution in [0.4, 0.5) is 11.4 Å². The van der Waals surface area contributed by atoms with Gasteiger partial charge in [0.1, 0.15) is 11.6 Å². The molecule has 0 amide bonds. The Labute approximate surface area is 113 Å². The molecule has 1 rings (SSSR count). The average Bonchev–Trinajstić information content (AvgIpc) is 2.34. The first kappa shape index (κ1) is 14.7. The number of anilines is 1. The molecule has 1 aromatic carbocycles. The molecule has 0 saturated carbocycles. The van der Waals surface area contributed by atoms with Crippen LogP contribution in [0.3, 0.4) is 0 Å². The van der Waals surface area contributed by atoms with Gasteiger partial charge in [-0.2, -0.15) is 5.26 Å². The third-order valence-corrected chi connectivity index (χ3v) is 2.67. The molecule has 0 heterocycles. The van der Waals surface area contributed by atoms with Crippen molar-refractivity contribution in [1.29, 1.82) is 5.26 Å². The number of hydrogen-bond acceptors (Lipinski definition) is 5. The van der Waals surface area contributed by atoms with E-state index in [9.17, 15) is 14.9 Å². The summed E-state index contributed by atoms with van der Waals surface area (Å²) in [6, 6.07) is 5.96. The van der Waals surface area contributed by atoms with Gasteiger partial charge in [-0.3, -0.25) is 14.9 Å². The van der Waals surface area contributed by atoms with Gasteiger partial charge < -0.3 is 10.0 Å². The van der Waals surface area contributed by atoms with Crippen molar-refractivity contribution >= 4 is 28.9 Å². The molecule has 0 saturated heterocycles. The zero-order valence-electron chi connectivity index (χ0n) is 9.74. The largest absolute Gasteiger partial charge is 0.481 e. The molecule has 0 aliphatic heterocycles. The minimum Gasteiger partial charge on any atom is -0.481 e. The molecule has 19 heavy (non-hydrogen) atoms. The molecule has 0 spiro atoms. The number of nitro groups is 1. The van der Waals surface area contributed by atoms with Crippen molar-refractivity contribution in [3.05, 3.63) is 33.3 Å². The Kier molecular flexibility index (Phi) is 5.09. The Morgan fingerprint density at radius 1 is 1.58 bits per heavy atom. The molecule has 0 unspecified atom stereocenters. The molecular weight excluding hydrogens is 274 g/mol. The third kappa shape index (κ3) is 4.12. The summed E-state index contributed by atoms with van der Waals surface area (Å²) in [5.74, 6) is -1.01. The second-order valence-electron chi connectivity index (χ2n) is 3.62. The predicted octanol–water partition coefficient (Wildman–Crippen LogP) is 2.05. The summed E-state index contributed by atoms with van der Waals surface area (Å²) in [4.78, 5) is 22.1. The Morgan fingerprint density at radius 3 is 2.79 bits per heavy atom. The number of halogens is 1. The molecule has 0 bridgehead atoms. The quantitative estimate of drug-likeness (QED) is 0.486. The van der Waals surface area contributed by atoms with Crippen LogP contribution in [-0.2, 0) is 4.79 Å². The molecule has 1 aromatic rings. The highest BCUT2D eigenvalue weighted by Gasteiger charge is 2.16. The molecule has 7 nitrogen and oxygen atoms in total. The molecule has 8 heteroatoms. The second-order valence-corrected chi connectivity index (χ2v) is 4.02. The summed E-state index contributed by atoms with van der Waals surface area (Å²) in [6.45, 7) is 0.0216. The van der Waals surface area contributed by atoms with Gasteiger partial charge in [-0.15, -0.1) is 0 Å². The van der Waals surface area contributed by atoms with Crippen LogP contribution in [0.25, 0.3) is 0 Å². The van der Waals surface area contributed by atoms with E-state index in [0.29, 0.717) is 5.69 Å². The fraction of sp³-hybridized carbons (Fsp3) is 0.273. The monoisotopic (exact) mass is 283 g/mol. The van der Waals surface area contributed by atoms with Gasteiger partial charge in [0.15, 0.2) is 0 Å². The van der Waals surface area contributed by atoms with Crippen molar-refractivity contribution in [3.63, 3.8) is 0 Å². The molecule has 0 aliphatic rings. The van der Waals surface area contributed by atoms with E-state index in [1.165, 1.54) is 23.1 Å². The average molecular weight is 284 g/mol. The lowest BCUT2D eigenvalue weighted by Crippen LogP contribution is -2.26. The molecule has 0 atom stereocenters. The highest BCUT2D eigenvalue weighted by molar-refractivity contribution is 6.32. The zero-order valence-corrected chi connectivity index (χ0v) is 10.5. The minimum atomic E-state index is -1.01. The van der Waals surface area contributed by atoms with Crippen molar-refractivity contribution in [3.8, 4) is 6.07 Å². The van der Waals surface area contributed by atoms with Crippen molar-refractivity contribution in [1.82, 2.24) is 0 Å². The standard InChI is InChI=1S/C11H10ClN3O4/c12-9-2-1-8(7-10(9)15(18)19)14(6-4-13)5-3-11(16)17/h1-2,7H,3,5-6H2,(H,16,17). The molecular formula is C11H10ClN3O4. The Balaban J connectivity index is 3.02. The van der Waals surface area contributed by atoms with Gasteiger partial charge in [-0.05, 0) is 12.1 Å². The van der Waals surface area contributed by atoms with Crippen molar-refractivity contribution in [2.45, 2.75) is 6.42 Å². The number of hydrogen-bond donors (Lipinski definition) is 1. The van der Waals surface area contributed by atoms with Gasteiger partial charge in [-0.25, -0.2) is 0 Å². The van der Waals surface area contributed by atoms with Gasteiger partial charge in [0.25, 0.3) is 5.69 Å². The summed E-state index contributed by atoms with van der Waals surface area (Å²) in [5.41, 5.74) is 0.108. The predicted molar refractivity (Wildman–Crippen MR) is 68.2 cm³/mol. The summed E-state index contributed by atoms with van der Waals surface area (Å²) >= 11 is 5.68. The van der Waals surface area contributed by atoms with E-state index in [1.54, 1.807) is 0 Å². The Hall–Kier alpha value is -2.33. The number of nitriles is 1. The normalized spacial score (nSPS) is 9.68. The topological polar surface area (TPSA) is 107 Å². The lowest BCUT2D eigenvalue weighted by molar-refractivity contribution is -0.384. The van der Waals surface area contributed by atoms with Gasteiger partial charge in [-0.1, -0.05) is 11.6 Å². The van der Waals surface area contributed by atoms with Crippen LogP contribution >= 0.6 is 11.6 Å². The van der Waals surface area contributed by atoms with Crippen molar-refractivity contribution < 1.29 is 14.8 Å². The van der Waals surface area contributed by atoms with Crippen molar-refractivity contribution in [2.75, 3.05) is 18.0 Å². The lowest BCUT2D eigenvalue weighted by Gasteiger charge is -2.20. The van der Waals surface area contributed by atoms with E-state index in [-0.39, 0.29) is 30.2 Å². The van der Waals surface area contributed by atoms with E-state index in [4.69, 9.17) is 22.0 Å². The number of carboxylic acid groups (broad SMARTS) is 1. The van der Waals surface area contributed by atoms with Crippen LogP contribution in [0.1, 0.15) is 6.42 Å². The molecule has 0 aliphatic carbocycles. The van der Waals surface area contributed by atoms with E-state index < -0.39 is 10.9 Å². The summed E-state index contributed by atoms with van der Waals surface area (Å²) in [7, 11) is 0. The maximum absolute atomic E-state index is 10.8. The number of carbonyl (C=O) groups is 1. The van der Waals surface area contributed by atoms with E-state index in [2.05, 4.69) is 0 Å². The molecule has 1 N–H and O–H groups in total. The maximum Gasteiger partial charge on any atom is 0.305 e. The summed E-state index contributed by atoms with van der Waals surface area (Å²) < 4.78 is 0. The number of nitrogens with zero attached hydrogens (tertiary/aromatic N) is 3. The minimum absolute atomic E-state index is 0.0103.